The first-order chi connectivity index (χ1) is 13.1. The molecule has 0 N–H and O–H groups in total. The topological polar surface area (TPSA) is 89.4 Å². The van der Waals surface area contributed by atoms with Gasteiger partial charge in [-0.1, -0.05) is 11.2 Å². The van der Waals surface area contributed by atoms with Gasteiger partial charge in [0.2, 0.25) is 21.7 Å². The van der Waals surface area contributed by atoms with Crippen molar-refractivity contribution in [3.05, 3.63) is 53.6 Å². The summed E-state index contributed by atoms with van der Waals surface area (Å²) in [6.07, 6.45) is 5.84. The summed E-state index contributed by atoms with van der Waals surface area (Å²) in [4.78, 5) is 4.71. The number of rotatable bonds is 4. The third-order valence-electron chi connectivity index (χ3n) is 5.34. The molecule has 1 aromatic carbocycles. The molecular formula is C19H19N3O4S. The molecular weight excluding hydrogens is 366 g/mol. The van der Waals surface area contributed by atoms with E-state index >= 15 is 0 Å². The molecule has 1 saturated heterocycles. The summed E-state index contributed by atoms with van der Waals surface area (Å²) in [5, 5.41) is 3.91. The Kier molecular flexibility index (Phi) is 3.91. The van der Waals surface area contributed by atoms with Crippen molar-refractivity contribution in [3.8, 4) is 11.6 Å². The van der Waals surface area contributed by atoms with E-state index in [0.29, 0.717) is 35.5 Å². The lowest BCUT2D eigenvalue weighted by Crippen LogP contribution is -2.48. The van der Waals surface area contributed by atoms with Gasteiger partial charge in [0.15, 0.2) is 5.76 Å². The first-order valence-corrected chi connectivity index (χ1v) is 10.5. The van der Waals surface area contributed by atoms with Crippen LogP contribution in [0.5, 0.6) is 0 Å². The van der Waals surface area contributed by atoms with Gasteiger partial charge in [0.25, 0.3) is 0 Å². The standard InChI is InChI=1S/C19H19N3O4S/c23-27(24,16-8-7-13-4-1-2-5-14(13)10-16)22-11-15(12-22)19-20-18(21-26-19)17-6-3-9-25-17/h3,6-10,15H,1-2,4-5,11-12H2. The van der Waals surface area contributed by atoms with Crippen molar-refractivity contribution in [3.63, 3.8) is 0 Å². The van der Waals surface area contributed by atoms with Gasteiger partial charge in [0, 0.05) is 13.1 Å². The molecule has 7 nitrogen and oxygen atoms in total. The molecule has 2 aromatic heterocycles. The average molecular weight is 385 g/mol. The van der Waals surface area contributed by atoms with E-state index < -0.39 is 10.0 Å². The van der Waals surface area contributed by atoms with Crippen LogP contribution in [0.2, 0.25) is 0 Å². The summed E-state index contributed by atoms with van der Waals surface area (Å²) in [5.74, 6) is 1.26. The zero-order valence-electron chi connectivity index (χ0n) is 14.7. The molecule has 0 amide bonds. The van der Waals surface area contributed by atoms with E-state index in [0.717, 1.165) is 19.3 Å². The number of aromatic nitrogens is 2. The highest BCUT2D eigenvalue weighted by molar-refractivity contribution is 7.89. The number of benzene rings is 1. The molecule has 0 unspecified atom stereocenters. The van der Waals surface area contributed by atoms with Crippen LogP contribution in [0.4, 0.5) is 0 Å². The minimum absolute atomic E-state index is 0.0892. The van der Waals surface area contributed by atoms with E-state index in [4.69, 9.17) is 8.94 Å². The molecule has 3 aromatic rings. The van der Waals surface area contributed by atoms with E-state index in [-0.39, 0.29) is 5.92 Å². The Hall–Kier alpha value is -2.45. The van der Waals surface area contributed by atoms with Gasteiger partial charge in [-0.2, -0.15) is 9.29 Å². The van der Waals surface area contributed by atoms with E-state index in [9.17, 15) is 8.42 Å². The first-order valence-electron chi connectivity index (χ1n) is 9.11. The van der Waals surface area contributed by atoms with Crippen LogP contribution in [0, 0.1) is 0 Å². The molecule has 140 valence electrons. The van der Waals surface area contributed by atoms with Crippen molar-refractivity contribution in [1.82, 2.24) is 14.4 Å². The van der Waals surface area contributed by atoms with Gasteiger partial charge in [-0.05, 0) is 61.1 Å². The highest BCUT2D eigenvalue weighted by Gasteiger charge is 2.40. The van der Waals surface area contributed by atoms with Crippen molar-refractivity contribution in [2.24, 2.45) is 0 Å². The summed E-state index contributed by atoms with van der Waals surface area (Å²) in [5.41, 5.74) is 2.44. The second-order valence-corrected chi connectivity index (χ2v) is 9.03. The third-order valence-corrected chi connectivity index (χ3v) is 7.17. The van der Waals surface area contributed by atoms with Crippen molar-refractivity contribution in [1.29, 1.82) is 0 Å². The Bertz CT molecular complexity index is 1070. The molecule has 5 rings (SSSR count). The maximum absolute atomic E-state index is 12.9. The van der Waals surface area contributed by atoms with Crippen LogP contribution in [0.3, 0.4) is 0 Å². The summed E-state index contributed by atoms with van der Waals surface area (Å²) >= 11 is 0. The minimum Gasteiger partial charge on any atom is -0.461 e. The van der Waals surface area contributed by atoms with Crippen LogP contribution < -0.4 is 0 Å². The van der Waals surface area contributed by atoms with E-state index in [1.54, 1.807) is 24.5 Å². The quantitative estimate of drug-likeness (QED) is 0.686. The van der Waals surface area contributed by atoms with Crippen molar-refractivity contribution < 1.29 is 17.4 Å². The number of sulfonamides is 1. The van der Waals surface area contributed by atoms with Gasteiger partial charge < -0.3 is 8.94 Å². The van der Waals surface area contributed by atoms with Gasteiger partial charge in [-0.25, -0.2) is 8.42 Å². The lowest BCUT2D eigenvalue weighted by atomic mass is 9.92. The second kappa shape index (κ2) is 6.31. The highest BCUT2D eigenvalue weighted by Crippen LogP contribution is 2.33. The average Bonchev–Trinajstić information content (AvgIpc) is 3.31. The molecule has 1 aliphatic heterocycles. The maximum Gasteiger partial charge on any atom is 0.243 e. The lowest BCUT2D eigenvalue weighted by Gasteiger charge is -2.36. The zero-order valence-corrected chi connectivity index (χ0v) is 15.5. The summed E-state index contributed by atoms with van der Waals surface area (Å²) in [6, 6.07) is 9.05. The van der Waals surface area contributed by atoms with Gasteiger partial charge in [0.1, 0.15) is 0 Å². The van der Waals surface area contributed by atoms with Crippen LogP contribution in [0.15, 0.2) is 50.4 Å². The summed E-state index contributed by atoms with van der Waals surface area (Å²) in [6.45, 7) is 0.693. The summed E-state index contributed by atoms with van der Waals surface area (Å²) < 4.78 is 37.8. The lowest BCUT2D eigenvalue weighted by molar-refractivity contribution is 0.217. The fourth-order valence-electron chi connectivity index (χ4n) is 3.72. The Balaban J connectivity index is 1.31. The SMILES string of the molecule is O=S(=O)(c1ccc2c(c1)CCCC2)N1CC(c2nc(-c3ccco3)no2)C1. The van der Waals surface area contributed by atoms with E-state index in [2.05, 4.69) is 10.1 Å². The number of hydrogen-bond donors (Lipinski definition) is 0. The molecule has 3 heterocycles. The number of furan rings is 1. The van der Waals surface area contributed by atoms with Crippen LogP contribution in [0.1, 0.15) is 35.8 Å². The molecule has 1 fully saturated rings. The number of nitrogens with zero attached hydrogens (tertiary/aromatic N) is 3. The minimum atomic E-state index is -3.49. The maximum atomic E-state index is 12.9. The second-order valence-electron chi connectivity index (χ2n) is 7.09. The predicted molar refractivity (Wildman–Crippen MR) is 96.6 cm³/mol. The fourth-order valence-corrected chi connectivity index (χ4v) is 5.30. The molecule has 0 bridgehead atoms. The Morgan fingerprint density at radius 2 is 1.89 bits per heavy atom. The fraction of sp³-hybridized carbons (Fsp3) is 0.368. The molecule has 0 saturated carbocycles. The Morgan fingerprint density at radius 3 is 2.67 bits per heavy atom. The molecule has 27 heavy (non-hydrogen) atoms. The molecule has 0 radical (unpaired) electrons. The van der Waals surface area contributed by atoms with Gasteiger partial charge >= 0.3 is 0 Å². The van der Waals surface area contributed by atoms with Crippen LogP contribution in [0.25, 0.3) is 11.6 Å². The molecule has 0 atom stereocenters. The number of hydrogen-bond acceptors (Lipinski definition) is 6. The smallest absolute Gasteiger partial charge is 0.243 e. The normalized spacial score (nSPS) is 18.2. The van der Waals surface area contributed by atoms with Crippen LogP contribution in [-0.4, -0.2) is 36.0 Å². The first kappa shape index (κ1) is 16.7. The molecule has 2 aliphatic rings. The molecule has 8 heteroatoms. The molecule has 0 spiro atoms. The zero-order chi connectivity index (χ0) is 18.4. The van der Waals surface area contributed by atoms with Crippen LogP contribution in [-0.2, 0) is 22.9 Å². The van der Waals surface area contributed by atoms with Crippen molar-refractivity contribution in [2.45, 2.75) is 36.5 Å². The highest BCUT2D eigenvalue weighted by atomic mass is 32.2. The van der Waals surface area contributed by atoms with Gasteiger partial charge in [-0.3, -0.25) is 0 Å². The monoisotopic (exact) mass is 385 g/mol. The third kappa shape index (κ3) is 2.89. The predicted octanol–water partition coefficient (Wildman–Crippen LogP) is 3.00. The van der Waals surface area contributed by atoms with E-state index in [1.807, 2.05) is 12.1 Å². The largest absolute Gasteiger partial charge is 0.461 e. The van der Waals surface area contributed by atoms with Crippen molar-refractivity contribution in [2.75, 3.05) is 13.1 Å². The number of fused-ring (bicyclic) bond motifs is 1. The Labute approximate surface area is 157 Å². The van der Waals surface area contributed by atoms with Crippen LogP contribution >= 0.6 is 0 Å². The Morgan fingerprint density at radius 1 is 1.07 bits per heavy atom. The van der Waals surface area contributed by atoms with Crippen molar-refractivity contribution >= 4 is 10.0 Å². The number of aryl methyl sites for hydroxylation is 2. The molecule has 1 aliphatic carbocycles. The summed E-state index contributed by atoms with van der Waals surface area (Å²) in [7, 11) is -3.49. The van der Waals surface area contributed by atoms with Gasteiger partial charge in [0.05, 0.1) is 17.1 Å². The van der Waals surface area contributed by atoms with Gasteiger partial charge in [-0.15, -0.1) is 0 Å². The van der Waals surface area contributed by atoms with E-state index in [1.165, 1.54) is 21.9 Å².